The summed E-state index contributed by atoms with van der Waals surface area (Å²) in [7, 11) is 0. The average molecular weight is 364 g/mol. The molecule has 0 aromatic carbocycles. The third kappa shape index (κ3) is 8.43. The van der Waals surface area contributed by atoms with Crippen molar-refractivity contribution in [1.29, 1.82) is 0 Å². The first kappa shape index (κ1) is 22.1. The quantitative estimate of drug-likeness (QED) is 0.497. The Morgan fingerprint density at radius 2 is 1.92 bits per heavy atom. The molecule has 0 aliphatic heterocycles. The van der Waals surface area contributed by atoms with Crippen LogP contribution < -0.4 is 10.6 Å². The normalized spacial score (nSPS) is 13.6. The van der Waals surface area contributed by atoms with E-state index in [2.05, 4.69) is 29.5 Å². The Hall–Kier alpha value is -1.95. The molecule has 0 bridgehead atoms. The van der Waals surface area contributed by atoms with Crippen molar-refractivity contribution >= 4 is 11.9 Å². The van der Waals surface area contributed by atoms with Gasteiger partial charge in [-0.25, -0.2) is 0 Å². The van der Waals surface area contributed by atoms with Gasteiger partial charge in [-0.05, 0) is 43.2 Å². The number of carboxylic acid groups (broad SMARTS) is 1. The molecule has 0 aliphatic carbocycles. The fraction of sp³-hybridized carbons (Fsp3) is 0.650. The molecule has 0 aliphatic rings. The van der Waals surface area contributed by atoms with Gasteiger partial charge in [0.25, 0.3) is 0 Å². The maximum absolute atomic E-state index is 12.5. The lowest BCUT2D eigenvalue weighted by atomic mass is 9.89. The first-order chi connectivity index (χ1) is 12.3. The number of hydrogen-bond acceptors (Lipinski definition) is 4. The number of unbranched alkanes of at least 4 members (excludes halogenated alkanes) is 1. The van der Waals surface area contributed by atoms with E-state index >= 15 is 0 Å². The van der Waals surface area contributed by atoms with Crippen LogP contribution in [0.15, 0.2) is 24.5 Å². The van der Waals surface area contributed by atoms with Crippen LogP contribution in [0.25, 0.3) is 0 Å². The second-order valence-electron chi connectivity index (χ2n) is 7.41. The molecule has 6 heteroatoms. The van der Waals surface area contributed by atoms with Crippen molar-refractivity contribution in [3.05, 3.63) is 30.1 Å². The van der Waals surface area contributed by atoms with Crippen LogP contribution in [-0.2, 0) is 16.0 Å². The maximum atomic E-state index is 12.5. The van der Waals surface area contributed by atoms with Gasteiger partial charge in [0, 0.05) is 30.9 Å². The summed E-state index contributed by atoms with van der Waals surface area (Å²) in [6, 6.07) is 3.48. The Labute approximate surface area is 156 Å². The van der Waals surface area contributed by atoms with Gasteiger partial charge in [0.05, 0.1) is 0 Å². The van der Waals surface area contributed by atoms with E-state index in [1.807, 2.05) is 26.0 Å². The van der Waals surface area contributed by atoms with Crippen molar-refractivity contribution in [2.24, 2.45) is 11.8 Å². The first-order valence-corrected chi connectivity index (χ1v) is 9.46. The van der Waals surface area contributed by atoms with Crippen molar-refractivity contribution in [3.8, 4) is 0 Å². The third-order valence-electron chi connectivity index (χ3n) is 4.37. The predicted octanol–water partition coefficient (Wildman–Crippen LogP) is 2.63. The van der Waals surface area contributed by atoms with Gasteiger partial charge in [-0.2, -0.15) is 0 Å². The second kappa shape index (κ2) is 11.6. The summed E-state index contributed by atoms with van der Waals surface area (Å²) in [6.45, 7) is 8.55. The number of carboxylic acids is 1. The SMILES string of the molecule is CC(C)NC(CCCCNC(=O)C(Cc1cccnc1)C(C)C)C(=O)O. The molecule has 1 rings (SSSR count). The Morgan fingerprint density at radius 3 is 2.46 bits per heavy atom. The molecule has 146 valence electrons. The van der Waals surface area contributed by atoms with Gasteiger partial charge in [0.2, 0.25) is 5.91 Å². The van der Waals surface area contributed by atoms with Crippen LogP contribution >= 0.6 is 0 Å². The van der Waals surface area contributed by atoms with Crippen molar-refractivity contribution in [3.63, 3.8) is 0 Å². The molecule has 26 heavy (non-hydrogen) atoms. The van der Waals surface area contributed by atoms with Gasteiger partial charge in [-0.15, -0.1) is 0 Å². The van der Waals surface area contributed by atoms with E-state index in [0.29, 0.717) is 19.4 Å². The highest BCUT2D eigenvalue weighted by Gasteiger charge is 2.22. The van der Waals surface area contributed by atoms with Crippen LogP contribution in [0, 0.1) is 11.8 Å². The first-order valence-electron chi connectivity index (χ1n) is 9.46. The van der Waals surface area contributed by atoms with Gasteiger partial charge in [0.1, 0.15) is 6.04 Å². The summed E-state index contributed by atoms with van der Waals surface area (Å²) in [5, 5.41) is 15.3. The van der Waals surface area contributed by atoms with Crippen molar-refractivity contribution in [2.45, 2.75) is 65.5 Å². The van der Waals surface area contributed by atoms with Gasteiger partial charge in [-0.3, -0.25) is 14.6 Å². The van der Waals surface area contributed by atoms with Gasteiger partial charge in [-0.1, -0.05) is 33.8 Å². The number of rotatable bonds is 12. The van der Waals surface area contributed by atoms with Crippen LogP contribution in [0.2, 0.25) is 0 Å². The number of aliphatic carboxylic acids is 1. The minimum absolute atomic E-state index is 0.0546. The molecule has 6 nitrogen and oxygen atoms in total. The molecule has 2 atom stereocenters. The van der Waals surface area contributed by atoms with Gasteiger partial charge in [0.15, 0.2) is 0 Å². The van der Waals surface area contributed by atoms with Crippen LogP contribution in [0.5, 0.6) is 0 Å². The molecule has 3 N–H and O–H groups in total. The summed E-state index contributed by atoms with van der Waals surface area (Å²) in [5.41, 5.74) is 1.06. The fourth-order valence-electron chi connectivity index (χ4n) is 2.90. The summed E-state index contributed by atoms with van der Waals surface area (Å²) in [5.74, 6) is -0.617. The van der Waals surface area contributed by atoms with Crippen molar-refractivity contribution in [2.75, 3.05) is 6.54 Å². The van der Waals surface area contributed by atoms with E-state index in [9.17, 15) is 14.7 Å². The second-order valence-corrected chi connectivity index (χ2v) is 7.41. The molecule has 0 saturated carbocycles. The number of hydrogen-bond donors (Lipinski definition) is 3. The lowest BCUT2D eigenvalue weighted by Gasteiger charge is -2.20. The number of amides is 1. The Kier molecular flexibility index (Phi) is 9.88. The largest absolute Gasteiger partial charge is 0.480 e. The topological polar surface area (TPSA) is 91.3 Å². The van der Waals surface area contributed by atoms with E-state index in [1.54, 1.807) is 12.4 Å². The van der Waals surface area contributed by atoms with E-state index in [0.717, 1.165) is 18.4 Å². The Morgan fingerprint density at radius 1 is 1.19 bits per heavy atom. The minimum atomic E-state index is -0.820. The molecule has 0 fully saturated rings. The molecule has 0 spiro atoms. The number of nitrogens with zero attached hydrogens (tertiary/aromatic N) is 1. The number of nitrogens with one attached hydrogen (secondary N) is 2. The average Bonchev–Trinajstić information content (AvgIpc) is 2.58. The molecule has 1 aromatic heterocycles. The highest BCUT2D eigenvalue weighted by Crippen LogP contribution is 2.17. The number of pyridine rings is 1. The van der Waals surface area contributed by atoms with Crippen LogP contribution in [0.1, 0.15) is 52.5 Å². The van der Waals surface area contributed by atoms with Crippen molar-refractivity contribution < 1.29 is 14.7 Å². The van der Waals surface area contributed by atoms with E-state index in [-0.39, 0.29) is 23.8 Å². The zero-order valence-corrected chi connectivity index (χ0v) is 16.4. The fourth-order valence-corrected chi connectivity index (χ4v) is 2.90. The zero-order valence-electron chi connectivity index (χ0n) is 16.4. The van der Waals surface area contributed by atoms with E-state index in [4.69, 9.17) is 0 Å². The maximum Gasteiger partial charge on any atom is 0.320 e. The zero-order chi connectivity index (χ0) is 19.5. The third-order valence-corrected chi connectivity index (χ3v) is 4.37. The van der Waals surface area contributed by atoms with Crippen LogP contribution in [0.4, 0.5) is 0 Å². The number of aromatic nitrogens is 1. The molecular formula is C20H33N3O3. The number of carbonyl (C=O) groups is 2. The monoisotopic (exact) mass is 363 g/mol. The van der Waals surface area contributed by atoms with Gasteiger partial charge < -0.3 is 15.7 Å². The molecular weight excluding hydrogens is 330 g/mol. The van der Waals surface area contributed by atoms with Crippen LogP contribution in [-0.4, -0.2) is 40.6 Å². The molecule has 1 heterocycles. The smallest absolute Gasteiger partial charge is 0.320 e. The van der Waals surface area contributed by atoms with Gasteiger partial charge >= 0.3 is 5.97 Å². The summed E-state index contributed by atoms with van der Waals surface area (Å²) >= 11 is 0. The highest BCUT2D eigenvalue weighted by atomic mass is 16.4. The standard InChI is InChI=1S/C20H33N3O3/c1-14(2)17(12-16-8-7-10-21-13-16)19(24)22-11-6-5-9-18(20(25)26)23-15(3)4/h7-8,10,13-15,17-18,23H,5-6,9,11-12H2,1-4H3,(H,22,24)(H,25,26). The molecule has 2 unspecified atom stereocenters. The predicted molar refractivity (Wildman–Crippen MR) is 103 cm³/mol. The highest BCUT2D eigenvalue weighted by molar-refractivity contribution is 5.79. The molecule has 0 radical (unpaired) electrons. The van der Waals surface area contributed by atoms with Crippen molar-refractivity contribution in [1.82, 2.24) is 15.6 Å². The Balaban J connectivity index is 2.38. The van der Waals surface area contributed by atoms with Crippen LogP contribution in [0.3, 0.4) is 0 Å². The minimum Gasteiger partial charge on any atom is -0.480 e. The summed E-state index contributed by atoms with van der Waals surface area (Å²) < 4.78 is 0. The molecule has 1 aromatic rings. The molecule has 1 amide bonds. The van der Waals surface area contributed by atoms with E-state index < -0.39 is 12.0 Å². The van der Waals surface area contributed by atoms with E-state index in [1.165, 1.54) is 0 Å². The lowest BCUT2D eigenvalue weighted by Crippen LogP contribution is -2.41. The summed E-state index contributed by atoms with van der Waals surface area (Å²) in [4.78, 5) is 27.8. The molecule has 0 saturated heterocycles. The lowest BCUT2D eigenvalue weighted by molar-refractivity contribution is -0.140. The summed E-state index contributed by atoms with van der Waals surface area (Å²) in [6.07, 6.45) is 6.30. The number of carbonyl (C=O) groups excluding carboxylic acids is 1. The Bertz CT molecular complexity index is 546.